The number of aryl methyl sites for hydroxylation is 1. The fourth-order valence-electron chi connectivity index (χ4n) is 4.65. The smallest absolute Gasteiger partial charge is 0.225 e. The molecule has 8 heteroatoms. The van der Waals surface area contributed by atoms with E-state index in [9.17, 15) is 18.0 Å². The molecule has 2 aliphatic rings. The van der Waals surface area contributed by atoms with Gasteiger partial charge in [0.15, 0.2) is 9.84 Å². The average molecular weight is 484 g/mol. The van der Waals surface area contributed by atoms with Crippen molar-refractivity contribution < 1.29 is 18.0 Å². The number of carbonyl (C=O) groups is 2. The van der Waals surface area contributed by atoms with Gasteiger partial charge in [-0.15, -0.1) is 0 Å². The Morgan fingerprint density at radius 2 is 1.68 bits per heavy atom. The summed E-state index contributed by atoms with van der Waals surface area (Å²) >= 11 is 0. The zero-order valence-corrected chi connectivity index (χ0v) is 20.7. The van der Waals surface area contributed by atoms with Gasteiger partial charge in [0.2, 0.25) is 11.8 Å². The van der Waals surface area contributed by atoms with Crippen molar-refractivity contribution in [2.45, 2.75) is 50.6 Å². The van der Waals surface area contributed by atoms with Crippen LogP contribution >= 0.6 is 0 Å². The van der Waals surface area contributed by atoms with Crippen LogP contribution in [0.25, 0.3) is 0 Å². The maximum absolute atomic E-state index is 12.9. The Balaban J connectivity index is 1.26. The molecule has 1 atom stereocenters. The van der Waals surface area contributed by atoms with Crippen molar-refractivity contribution in [3.8, 4) is 0 Å². The minimum absolute atomic E-state index is 0.0316. The average Bonchev–Trinajstić information content (AvgIpc) is 3.21. The number of hydrogen-bond donors (Lipinski definition) is 1. The Kier molecular flexibility index (Phi) is 7.26. The molecule has 0 aliphatic carbocycles. The maximum Gasteiger partial charge on any atom is 0.225 e. The summed E-state index contributed by atoms with van der Waals surface area (Å²) in [4.78, 5) is 29.7. The van der Waals surface area contributed by atoms with Crippen LogP contribution in [0.1, 0.15) is 37.3 Å². The molecular weight excluding hydrogens is 450 g/mol. The predicted octanol–water partition coefficient (Wildman–Crippen LogP) is 2.92. The molecule has 2 saturated heterocycles. The Hall–Kier alpha value is -2.87. The summed E-state index contributed by atoms with van der Waals surface area (Å²) in [5.74, 6) is -0.214. The zero-order valence-electron chi connectivity index (χ0n) is 19.9. The molecule has 4 rings (SSSR count). The van der Waals surface area contributed by atoms with E-state index in [4.69, 9.17) is 0 Å². The fraction of sp³-hybridized carbons (Fsp3) is 0.462. The molecule has 1 N–H and O–H groups in total. The van der Waals surface area contributed by atoms with Crippen molar-refractivity contribution in [2.24, 2.45) is 5.92 Å². The molecule has 2 aromatic carbocycles. The van der Waals surface area contributed by atoms with Crippen LogP contribution in [0.5, 0.6) is 0 Å². The van der Waals surface area contributed by atoms with Crippen LogP contribution < -0.4 is 10.2 Å². The highest BCUT2D eigenvalue weighted by atomic mass is 32.2. The maximum atomic E-state index is 12.9. The third kappa shape index (κ3) is 5.60. The quantitative estimate of drug-likeness (QED) is 0.654. The summed E-state index contributed by atoms with van der Waals surface area (Å²) in [6.45, 7) is 6.25. The van der Waals surface area contributed by atoms with Gasteiger partial charge >= 0.3 is 0 Å². The Bertz CT molecular complexity index is 1120. The monoisotopic (exact) mass is 483 g/mol. The topological polar surface area (TPSA) is 86.8 Å². The number of anilines is 1. The van der Waals surface area contributed by atoms with E-state index in [0.717, 1.165) is 37.2 Å². The first-order valence-corrected chi connectivity index (χ1v) is 13.6. The van der Waals surface area contributed by atoms with Gasteiger partial charge in [-0.2, -0.15) is 0 Å². The predicted molar refractivity (Wildman–Crippen MR) is 132 cm³/mol. The lowest BCUT2D eigenvalue weighted by molar-refractivity contribution is -0.129. The van der Waals surface area contributed by atoms with Crippen molar-refractivity contribution in [3.05, 3.63) is 59.7 Å². The number of likely N-dealkylation sites (tertiary alicyclic amines) is 1. The molecule has 2 heterocycles. The fourth-order valence-corrected chi connectivity index (χ4v) is 5.53. The molecule has 2 aliphatic heterocycles. The number of rotatable bonds is 7. The molecule has 0 saturated carbocycles. The number of hydrogen-bond acceptors (Lipinski definition) is 5. The number of amides is 2. The molecular formula is C26H33N3O4S. The molecule has 2 fully saturated rings. The van der Waals surface area contributed by atoms with Crippen molar-refractivity contribution in [3.63, 3.8) is 0 Å². The first-order chi connectivity index (χ1) is 16.2. The second kappa shape index (κ2) is 10.2. The van der Waals surface area contributed by atoms with E-state index in [0.29, 0.717) is 18.0 Å². The van der Waals surface area contributed by atoms with Crippen molar-refractivity contribution in [1.29, 1.82) is 0 Å². The summed E-state index contributed by atoms with van der Waals surface area (Å²) in [6.07, 6.45) is 1.90. The van der Waals surface area contributed by atoms with Gasteiger partial charge in [-0.1, -0.05) is 36.8 Å². The van der Waals surface area contributed by atoms with E-state index in [1.807, 2.05) is 43.3 Å². The van der Waals surface area contributed by atoms with Gasteiger partial charge in [-0.05, 0) is 49.6 Å². The molecule has 7 nitrogen and oxygen atoms in total. The molecule has 0 aromatic heterocycles. The minimum atomic E-state index is -3.20. The molecule has 34 heavy (non-hydrogen) atoms. The highest BCUT2D eigenvalue weighted by Crippen LogP contribution is 2.24. The molecule has 0 spiro atoms. The summed E-state index contributed by atoms with van der Waals surface area (Å²) in [7, 11) is -3.20. The van der Waals surface area contributed by atoms with Gasteiger partial charge in [0.25, 0.3) is 0 Å². The number of piperidine rings is 1. The van der Waals surface area contributed by atoms with Crippen molar-refractivity contribution >= 4 is 27.3 Å². The van der Waals surface area contributed by atoms with Crippen LogP contribution in [0.15, 0.2) is 53.4 Å². The summed E-state index contributed by atoms with van der Waals surface area (Å²) in [5, 5.41) is 3.16. The molecule has 182 valence electrons. The Labute approximate surface area is 202 Å². The zero-order chi connectivity index (χ0) is 24.3. The minimum Gasteiger partial charge on any atom is -0.371 e. The second-order valence-electron chi connectivity index (χ2n) is 9.33. The van der Waals surface area contributed by atoms with Gasteiger partial charge in [0, 0.05) is 44.3 Å². The van der Waals surface area contributed by atoms with Crippen molar-refractivity contribution in [2.75, 3.05) is 30.3 Å². The van der Waals surface area contributed by atoms with Gasteiger partial charge in [0.1, 0.15) is 0 Å². The van der Waals surface area contributed by atoms with Crippen molar-refractivity contribution in [1.82, 2.24) is 10.2 Å². The SMILES string of the molecule is CCS(=O)(=O)c1ccc(N2CCC(NC(=O)C3CC(=O)N(Cc4ccc(C)cc4)C3)CC2)cc1. The third-order valence-corrected chi connectivity index (χ3v) is 8.61. The van der Waals surface area contributed by atoms with Gasteiger partial charge < -0.3 is 15.1 Å². The number of sulfone groups is 1. The van der Waals surface area contributed by atoms with Gasteiger partial charge in [-0.3, -0.25) is 9.59 Å². The second-order valence-corrected chi connectivity index (χ2v) is 11.6. The Morgan fingerprint density at radius 1 is 1.03 bits per heavy atom. The molecule has 2 aromatic rings. The van der Waals surface area contributed by atoms with E-state index in [2.05, 4.69) is 10.2 Å². The van der Waals surface area contributed by atoms with Crippen LogP contribution in [0.3, 0.4) is 0 Å². The number of carbonyl (C=O) groups excluding carboxylic acids is 2. The number of benzene rings is 2. The molecule has 1 unspecified atom stereocenters. The normalized spacial score (nSPS) is 19.5. The van der Waals surface area contributed by atoms with Crippen LogP contribution in [-0.4, -0.2) is 56.6 Å². The lowest BCUT2D eigenvalue weighted by Crippen LogP contribution is -2.46. The van der Waals surface area contributed by atoms with Crippen LogP contribution in [0.2, 0.25) is 0 Å². The van der Waals surface area contributed by atoms with Gasteiger partial charge in [0.05, 0.1) is 16.6 Å². The van der Waals surface area contributed by atoms with E-state index in [-0.39, 0.29) is 35.9 Å². The number of nitrogens with zero attached hydrogens (tertiary/aromatic N) is 2. The van der Waals surface area contributed by atoms with E-state index >= 15 is 0 Å². The standard InChI is InChI=1S/C26H33N3O4S/c1-3-34(32,33)24-10-8-23(9-11-24)28-14-12-22(13-15-28)27-26(31)21-16-25(30)29(18-21)17-20-6-4-19(2)5-7-20/h4-11,21-22H,3,12-18H2,1-2H3,(H,27,31). The lowest BCUT2D eigenvalue weighted by atomic mass is 10.0. The van der Waals surface area contributed by atoms with Gasteiger partial charge in [-0.25, -0.2) is 8.42 Å². The first-order valence-electron chi connectivity index (χ1n) is 12.0. The lowest BCUT2D eigenvalue weighted by Gasteiger charge is -2.34. The van der Waals surface area contributed by atoms with E-state index in [1.54, 1.807) is 24.0 Å². The molecule has 0 bridgehead atoms. The summed E-state index contributed by atoms with van der Waals surface area (Å²) in [6, 6.07) is 15.3. The molecule has 0 radical (unpaired) electrons. The van der Waals surface area contributed by atoms with Crippen LogP contribution in [-0.2, 0) is 26.0 Å². The highest BCUT2D eigenvalue weighted by Gasteiger charge is 2.35. The van der Waals surface area contributed by atoms with Crippen LogP contribution in [0.4, 0.5) is 5.69 Å². The van der Waals surface area contributed by atoms with Crippen LogP contribution in [0, 0.1) is 12.8 Å². The van der Waals surface area contributed by atoms with E-state index in [1.165, 1.54) is 5.56 Å². The third-order valence-electron chi connectivity index (χ3n) is 6.86. The first kappa shape index (κ1) is 24.3. The van der Waals surface area contributed by atoms with E-state index < -0.39 is 9.84 Å². The summed E-state index contributed by atoms with van der Waals surface area (Å²) in [5.41, 5.74) is 3.25. The number of nitrogens with one attached hydrogen (secondary N) is 1. The largest absolute Gasteiger partial charge is 0.371 e. The summed E-state index contributed by atoms with van der Waals surface area (Å²) < 4.78 is 24.0. The highest BCUT2D eigenvalue weighted by molar-refractivity contribution is 7.91. The molecule has 2 amide bonds. The Morgan fingerprint density at radius 3 is 2.29 bits per heavy atom.